The van der Waals surface area contributed by atoms with Crippen LogP contribution in [-0.2, 0) is 4.79 Å². The van der Waals surface area contributed by atoms with E-state index in [4.69, 9.17) is 0 Å². The molecule has 2 aromatic heterocycles. The van der Waals surface area contributed by atoms with Crippen LogP contribution in [0.25, 0.3) is 11.2 Å². The van der Waals surface area contributed by atoms with Crippen LogP contribution in [0, 0.1) is 5.92 Å². The number of nitrogens with zero attached hydrogens (tertiary/aromatic N) is 5. The molecule has 1 aromatic carbocycles. The van der Waals surface area contributed by atoms with Crippen molar-refractivity contribution >= 4 is 17.1 Å². The molecule has 198 valence electrons. The number of benzene rings is 1. The molecule has 2 saturated heterocycles. The number of imidazole rings is 1. The van der Waals surface area contributed by atoms with Gasteiger partial charge in [-0.3, -0.25) is 9.69 Å². The highest BCUT2D eigenvalue weighted by Crippen LogP contribution is 2.34. The van der Waals surface area contributed by atoms with Gasteiger partial charge >= 0.3 is 5.97 Å². The van der Waals surface area contributed by atoms with Crippen LogP contribution < -0.4 is 0 Å². The highest BCUT2D eigenvalue weighted by molar-refractivity contribution is 5.74. The summed E-state index contributed by atoms with van der Waals surface area (Å²) < 4.78 is 2.24. The van der Waals surface area contributed by atoms with Crippen molar-refractivity contribution in [3.8, 4) is 0 Å². The lowest BCUT2D eigenvalue weighted by Gasteiger charge is -2.33. The molecule has 7 nitrogen and oxygen atoms in total. The van der Waals surface area contributed by atoms with Crippen molar-refractivity contribution in [1.82, 2.24) is 24.3 Å². The molecule has 0 amide bonds. The van der Waals surface area contributed by atoms with Crippen LogP contribution >= 0.6 is 0 Å². The molecule has 3 aromatic rings. The van der Waals surface area contributed by atoms with Gasteiger partial charge in [-0.05, 0) is 88.3 Å². The van der Waals surface area contributed by atoms with E-state index in [-0.39, 0.29) is 6.04 Å². The molecule has 1 unspecified atom stereocenters. The topological polar surface area (TPSA) is 74.5 Å². The fourth-order valence-corrected chi connectivity index (χ4v) is 6.55. The van der Waals surface area contributed by atoms with Gasteiger partial charge in [-0.15, -0.1) is 0 Å². The third-order valence-electron chi connectivity index (χ3n) is 8.65. The number of piperidine rings is 1. The zero-order valence-corrected chi connectivity index (χ0v) is 22.1. The molecule has 37 heavy (non-hydrogen) atoms. The van der Waals surface area contributed by atoms with E-state index in [1.165, 1.54) is 37.7 Å². The number of likely N-dealkylation sites (tertiary alicyclic amines) is 2. The number of carboxylic acid groups (broad SMARTS) is 1. The van der Waals surface area contributed by atoms with E-state index in [1.807, 2.05) is 30.7 Å². The zero-order chi connectivity index (χ0) is 25.6. The molecule has 2 atom stereocenters. The molecule has 3 fully saturated rings. The van der Waals surface area contributed by atoms with Crippen molar-refractivity contribution in [1.29, 1.82) is 0 Å². The predicted octanol–water partition coefficient (Wildman–Crippen LogP) is 5.21. The summed E-state index contributed by atoms with van der Waals surface area (Å²) in [4.78, 5) is 25.2. The Morgan fingerprint density at radius 2 is 1.68 bits per heavy atom. The number of rotatable bonds is 5. The number of hydrogen-bond acceptors (Lipinski definition) is 5. The molecule has 3 aliphatic rings. The minimum Gasteiger partial charge on any atom is -0.480 e. The molecule has 7 heteroatoms. The van der Waals surface area contributed by atoms with Crippen molar-refractivity contribution in [3.63, 3.8) is 0 Å². The molecule has 0 spiro atoms. The van der Waals surface area contributed by atoms with Crippen molar-refractivity contribution in [2.45, 2.75) is 69.4 Å². The Morgan fingerprint density at radius 3 is 2.41 bits per heavy atom. The Kier molecular flexibility index (Phi) is 8.52. The molecule has 2 aliphatic heterocycles. The van der Waals surface area contributed by atoms with Gasteiger partial charge in [-0.25, -0.2) is 9.97 Å². The van der Waals surface area contributed by atoms with Gasteiger partial charge < -0.3 is 14.6 Å². The minimum absolute atomic E-state index is 0.265. The molecule has 1 aliphatic carbocycles. The second kappa shape index (κ2) is 12.2. The van der Waals surface area contributed by atoms with Crippen molar-refractivity contribution in [2.75, 3.05) is 33.2 Å². The summed E-state index contributed by atoms with van der Waals surface area (Å²) in [5, 5.41) is 9.70. The summed E-state index contributed by atoms with van der Waals surface area (Å²) >= 11 is 0. The smallest absolute Gasteiger partial charge is 0.321 e. The lowest BCUT2D eigenvalue weighted by Crippen LogP contribution is -2.45. The fraction of sp³-hybridized carbons (Fsp3) is 0.567. The van der Waals surface area contributed by atoms with E-state index in [0.29, 0.717) is 17.9 Å². The maximum atomic E-state index is 11.8. The van der Waals surface area contributed by atoms with Crippen molar-refractivity contribution in [3.05, 3.63) is 60.6 Å². The molecule has 0 bridgehead atoms. The monoisotopic (exact) mass is 503 g/mol. The largest absolute Gasteiger partial charge is 0.480 e. The summed E-state index contributed by atoms with van der Waals surface area (Å²) in [6.07, 6.45) is 13.1. The summed E-state index contributed by atoms with van der Waals surface area (Å²) in [5.41, 5.74) is 3.38. The first-order chi connectivity index (χ1) is 18.1. The summed E-state index contributed by atoms with van der Waals surface area (Å²) in [6.45, 7) is 4.15. The molecule has 0 radical (unpaired) electrons. The van der Waals surface area contributed by atoms with E-state index >= 15 is 0 Å². The van der Waals surface area contributed by atoms with Gasteiger partial charge in [0.05, 0.1) is 6.33 Å². The van der Waals surface area contributed by atoms with E-state index in [0.717, 1.165) is 56.6 Å². The standard InChI is InChI=1S/C18H25NO2.C12H16N4/c20-18(21)17(15-9-5-2-6-10-15)19-12-11-16(13-19)14-7-3-1-4-8-14;1-15-7-4-10(5-8-15)16-9-14-11-3-2-6-13-12(11)16/h1,3-4,7-8,15-17H,2,5-6,9-13H2,(H,20,21);2-3,6,9-10H,4-5,7-8H2,1H3/t16?,17-;/m1./s1. The Bertz CT molecular complexity index is 1140. The van der Waals surface area contributed by atoms with Gasteiger partial charge in [0.2, 0.25) is 0 Å². The predicted molar refractivity (Wildman–Crippen MR) is 147 cm³/mol. The molecule has 1 saturated carbocycles. The average Bonchev–Trinajstić information content (AvgIpc) is 3.59. The molecular weight excluding hydrogens is 462 g/mol. The molecule has 1 N–H and O–H groups in total. The van der Waals surface area contributed by atoms with Gasteiger partial charge in [0, 0.05) is 18.8 Å². The average molecular weight is 504 g/mol. The maximum Gasteiger partial charge on any atom is 0.321 e. The summed E-state index contributed by atoms with van der Waals surface area (Å²) in [5.74, 6) is 0.234. The lowest BCUT2D eigenvalue weighted by molar-refractivity contribution is -0.145. The number of aromatic nitrogens is 3. The highest BCUT2D eigenvalue weighted by Gasteiger charge is 2.38. The number of carboxylic acids is 1. The first-order valence-corrected chi connectivity index (χ1v) is 14.1. The first-order valence-electron chi connectivity index (χ1n) is 14.1. The first kappa shape index (κ1) is 25.9. The normalized spacial score (nSPS) is 23.0. The van der Waals surface area contributed by atoms with Gasteiger partial charge in [-0.1, -0.05) is 49.6 Å². The number of fused-ring (bicyclic) bond motifs is 1. The van der Waals surface area contributed by atoms with Crippen LogP contribution in [0.4, 0.5) is 0 Å². The second-order valence-electron chi connectivity index (χ2n) is 11.1. The third kappa shape index (κ3) is 6.21. The van der Waals surface area contributed by atoms with Gasteiger partial charge in [-0.2, -0.15) is 0 Å². The molecule has 6 rings (SSSR count). The Morgan fingerprint density at radius 1 is 0.919 bits per heavy atom. The zero-order valence-electron chi connectivity index (χ0n) is 22.1. The van der Waals surface area contributed by atoms with E-state index in [1.54, 1.807) is 0 Å². The van der Waals surface area contributed by atoms with Crippen LogP contribution in [0.15, 0.2) is 55.0 Å². The highest BCUT2D eigenvalue weighted by atomic mass is 16.4. The van der Waals surface area contributed by atoms with E-state index in [9.17, 15) is 9.90 Å². The van der Waals surface area contributed by atoms with Crippen LogP contribution in [0.2, 0.25) is 0 Å². The van der Waals surface area contributed by atoms with E-state index < -0.39 is 5.97 Å². The summed E-state index contributed by atoms with van der Waals surface area (Å²) in [7, 11) is 2.18. The van der Waals surface area contributed by atoms with Gasteiger partial charge in [0.15, 0.2) is 5.65 Å². The van der Waals surface area contributed by atoms with Gasteiger partial charge in [0.25, 0.3) is 0 Å². The quantitative estimate of drug-likeness (QED) is 0.515. The van der Waals surface area contributed by atoms with Crippen molar-refractivity contribution < 1.29 is 9.90 Å². The Hall–Kier alpha value is -2.77. The van der Waals surface area contributed by atoms with Crippen LogP contribution in [0.1, 0.15) is 68.9 Å². The molecule has 4 heterocycles. The third-order valence-corrected chi connectivity index (χ3v) is 8.65. The minimum atomic E-state index is -0.615. The Labute approximate surface area is 220 Å². The van der Waals surface area contributed by atoms with Crippen LogP contribution in [0.5, 0.6) is 0 Å². The lowest BCUT2D eigenvalue weighted by atomic mass is 9.83. The SMILES string of the molecule is CN1CCC(n2cnc3cccnc32)CC1.O=C(O)[C@@H](C1CCCCC1)N1CCC(c2ccccc2)C1. The van der Waals surface area contributed by atoms with E-state index in [2.05, 4.69) is 55.6 Å². The second-order valence-corrected chi connectivity index (χ2v) is 11.1. The number of carbonyl (C=O) groups is 1. The maximum absolute atomic E-state index is 11.8. The number of hydrogen-bond donors (Lipinski definition) is 1. The Balaban J connectivity index is 0.000000157. The van der Waals surface area contributed by atoms with Gasteiger partial charge in [0.1, 0.15) is 11.6 Å². The fourth-order valence-electron chi connectivity index (χ4n) is 6.55. The van der Waals surface area contributed by atoms with Crippen molar-refractivity contribution in [2.24, 2.45) is 5.92 Å². The summed E-state index contributed by atoms with van der Waals surface area (Å²) in [6, 6.07) is 14.8. The van der Waals surface area contributed by atoms with Crippen LogP contribution in [0.3, 0.4) is 0 Å². The number of pyridine rings is 1. The number of aliphatic carboxylic acids is 1. The molecular formula is C30H41N5O2. The van der Waals surface area contributed by atoms with Crippen LogP contribution in [-0.4, -0.2) is 74.7 Å².